The van der Waals surface area contributed by atoms with Gasteiger partial charge in [0.2, 0.25) is 5.91 Å². The van der Waals surface area contributed by atoms with Crippen LogP contribution in [-0.4, -0.2) is 31.3 Å². The highest BCUT2D eigenvalue weighted by Crippen LogP contribution is 2.25. The number of nitrogens with one attached hydrogen (secondary N) is 3. The second-order valence-electron chi connectivity index (χ2n) is 4.47. The van der Waals surface area contributed by atoms with Gasteiger partial charge in [-0.3, -0.25) is 15.0 Å². The summed E-state index contributed by atoms with van der Waals surface area (Å²) in [6, 6.07) is 0. The van der Waals surface area contributed by atoms with E-state index in [4.69, 9.17) is 0 Å². The number of amides is 1. The zero-order valence-electron chi connectivity index (χ0n) is 11.3. The van der Waals surface area contributed by atoms with Gasteiger partial charge in [-0.2, -0.15) is 18.3 Å². The number of rotatable bonds is 4. The van der Waals surface area contributed by atoms with Crippen molar-refractivity contribution in [3.63, 3.8) is 0 Å². The van der Waals surface area contributed by atoms with Crippen LogP contribution in [0.4, 0.5) is 13.2 Å². The number of hydrogen-bond acceptors (Lipinski definition) is 4. The highest BCUT2D eigenvalue weighted by molar-refractivity contribution is 5.78. The molecule has 114 valence electrons. The second kappa shape index (κ2) is 5.54. The van der Waals surface area contributed by atoms with E-state index in [1.54, 1.807) is 13.8 Å². The molecule has 0 aliphatic heterocycles. The molecular formula is C11H13F3N6O. The molecule has 3 N–H and O–H groups in total. The van der Waals surface area contributed by atoms with Gasteiger partial charge >= 0.3 is 6.18 Å². The number of aryl methyl sites for hydroxylation is 2. The lowest BCUT2D eigenvalue weighted by atomic mass is 10.1. The van der Waals surface area contributed by atoms with Gasteiger partial charge in [0.05, 0.1) is 18.7 Å². The van der Waals surface area contributed by atoms with Gasteiger partial charge in [-0.15, -0.1) is 5.10 Å². The topological polar surface area (TPSA) is 99.3 Å². The zero-order valence-corrected chi connectivity index (χ0v) is 11.3. The van der Waals surface area contributed by atoms with Gasteiger partial charge in [-0.25, -0.2) is 4.98 Å². The maximum atomic E-state index is 12.3. The van der Waals surface area contributed by atoms with Crippen LogP contribution in [0.1, 0.15) is 28.6 Å². The molecule has 10 heteroatoms. The van der Waals surface area contributed by atoms with Crippen molar-refractivity contribution in [2.75, 3.05) is 0 Å². The molecule has 0 aromatic carbocycles. The van der Waals surface area contributed by atoms with Crippen LogP contribution in [0.15, 0.2) is 0 Å². The quantitative estimate of drug-likeness (QED) is 0.785. The zero-order chi connectivity index (χ0) is 15.6. The van der Waals surface area contributed by atoms with Gasteiger partial charge in [0, 0.05) is 11.3 Å². The molecule has 0 saturated carbocycles. The van der Waals surface area contributed by atoms with Crippen molar-refractivity contribution in [2.24, 2.45) is 0 Å². The normalized spacial score (nSPS) is 11.7. The lowest BCUT2D eigenvalue weighted by Crippen LogP contribution is -2.25. The number of carbonyl (C=O) groups is 1. The number of halogens is 3. The molecule has 2 aromatic heterocycles. The third-order valence-electron chi connectivity index (χ3n) is 2.86. The van der Waals surface area contributed by atoms with E-state index < -0.39 is 12.0 Å². The first-order valence-corrected chi connectivity index (χ1v) is 6.03. The highest BCUT2D eigenvalue weighted by Gasteiger charge is 2.35. The lowest BCUT2D eigenvalue weighted by Gasteiger charge is -2.03. The second-order valence-corrected chi connectivity index (χ2v) is 4.47. The number of aromatic amines is 2. The minimum Gasteiger partial charge on any atom is -0.349 e. The average Bonchev–Trinajstić information content (AvgIpc) is 2.98. The lowest BCUT2D eigenvalue weighted by molar-refractivity contribution is -0.144. The number of H-pyrrole nitrogens is 2. The van der Waals surface area contributed by atoms with Crippen LogP contribution < -0.4 is 5.32 Å². The Balaban J connectivity index is 1.91. The predicted octanol–water partition coefficient (Wildman–Crippen LogP) is 1.02. The molecular weight excluding hydrogens is 289 g/mol. The van der Waals surface area contributed by atoms with Crippen LogP contribution >= 0.6 is 0 Å². The van der Waals surface area contributed by atoms with Gasteiger partial charge in [0.1, 0.15) is 5.82 Å². The Morgan fingerprint density at radius 1 is 1.24 bits per heavy atom. The van der Waals surface area contributed by atoms with Gasteiger partial charge in [-0.05, 0) is 13.8 Å². The van der Waals surface area contributed by atoms with Crippen LogP contribution in [-0.2, 0) is 23.9 Å². The van der Waals surface area contributed by atoms with Crippen LogP contribution in [0, 0.1) is 13.8 Å². The highest BCUT2D eigenvalue weighted by atomic mass is 19.4. The Kier molecular flexibility index (Phi) is 3.96. The minimum atomic E-state index is -4.61. The van der Waals surface area contributed by atoms with Gasteiger partial charge in [0.15, 0.2) is 0 Å². The van der Waals surface area contributed by atoms with Crippen molar-refractivity contribution >= 4 is 5.91 Å². The number of nitrogens with zero attached hydrogens (tertiary/aromatic N) is 3. The molecule has 2 aromatic rings. The molecule has 0 aliphatic rings. The van der Waals surface area contributed by atoms with E-state index in [0.717, 1.165) is 11.3 Å². The third-order valence-corrected chi connectivity index (χ3v) is 2.86. The minimum absolute atomic E-state index is 0.0590. The SMILES string of the molecule is Cc1n[nH]c(C)c1CC(=O)NCc1nc(C(F)(F)F)n[nH]1. The molecule has 21 heavy (non-hydrogen) atoms. The van der Waals surface area contributed by atoms with Crippen molar-refractivity contribution in [2.45, 2.75) is 33.0 Å². The summed E-state index contributed by atoms with van der Waals surface area (Å²) in [6.07, 6.45) is -4.52. The molecule has 0 fully saturated rings. The fourth-order valence-electron chi connectivity index (χ4n) is 1.74. The Labute approximate surface area is 117 Å². The maximum Gasteiger partial charge on any atom is 0.453 e. The summed E-state index contributed by atoms with van der Waals surface area (Å²) in [5, 5.41) is 14.4. The fraction of sp³-hybridized carbons (Fsp3) is 0.455. The van der Waals surface area contributed by atoms with Crippen LogP contribution in [0.2, 0.25) is 0 Å². The molecule has 0 radical (unpaired) electrons. The summed E-state index contributed by atoms with van der Waals surface area (Å²) in [6.45, 7) is 3.39. The monoisotopic (exact) mass is 302 g/mol. The molecule has 7 nitrogen and oxygen atoms in total. The standard InChI is InChI=1S/C11H13F3N6O/c1-5-7(6(2)18-17-5)3-9(21)15-4-8-16-10(20-19-8)11(12,13)14/h3-4H2,1-2H3,(H,15,21)(H,17,18)(H,16,19,20). The summed E-state index contributed by atoms with van der Waals surface area (Å²) in [7, 11) is 0. The average molecular weight is 302 g/mol. The Morgan fingerprint density at radius 3 is 2.48 bits per heavy atom. The summed E-state index contributed by atoms with van der Waals surface area (Å²) in [5.41, 5.74) is 2.25. The number of aromatic nitrogens is 5. The largest absolute Gasteiger partial charge is 0.453 e. The molecule has 1 amide bonds. The summed E-state index contributed by atoms with van der Waals surface area (Å²) in [5.74, 6) is -1.66. The Hall–Kier alpha value is -2.39. The van der Waals surface area contributed by atoms with E-state index in [1.165, 1.54) is 0 Å². The van der Waals surface area contributed by atoms with E-state index in [1.807, 2.05) is 0 Å². The van der Waals surface area contributed by atoms with Crippen LogP contribution in [0.25, 0.3) is 0 Å². The van der Waals surface area contributed by atoms with E-state index in [9.17, 15) is 18.0 Å². The first-order valence-electron chi connectivity index (χ1n) is 6.03. The van der Waals surface area contributed by atoms with E-state index in [2.05, 4.69) is 30.7 Å². The maximum absolute atomic E-state index is 12.3. The fourth-order valence-corrected chi connectivity index (χ4v) is 1.74. The summed E-state index contributed by atoms with van der Waals surface area (Å²) >= 11 is 0. The summed E-state index contributed by atoms with van der Waals surface area (Å²) in [4.78, 5) is 15.0. The molecule has 0 bridgehead atoms. The predicted molar refractivity (Wildman–Crippen MR) is 65.0 cm³/mol. The molecule has 0 aliphatic carbocycles. The number of hydrogen-bond donors (Lipinski definition) is 3. The van der Waals surface area contributed by atoms with Gasteiger partial charge < -0.3 is 5.32 Å². The van der Waals surface area contributed by atoms with Crippen LogP contribution in [0.3, 0.4) is 0 Å². The Morgan fingerprint density at radius 2 is 1.95 bits per heavy atom. The van der Waals surface area contributed by atoms with Crippen molar-refractivity contribution in [3.8, 4) is 0 Å². The van der Waals surface area contributed by atoms with Crippen molar-refractivity contribution < 1.29 is 18.0 Å². The molecule has 0 spiro atoms. The number of alkyl halides is 3. The molecule has 2 rings (SSSR count). The first-order chi connectivity index (χ1) is 9.77. The smallest absolute Gasteiger partial charge is 0.349 e. The van der Waals surface area contributed by atoms with Crippen LogP contribution in [0.5, 0.6) is 0 Å². The van der Waals surface area contributed by atoms with Crippen molar-refractivity contribution in [3.05, 3.63) is 28.6 Å². The van der Waals surface area contributed by atoms with Crippen molar-refractivity contribution in [1.29, 1.82) is 0 Å². The Bertz CT molecular complexity index is 625. The first kappa shape index (κ1) is 15.0. The van der Waals surface area contributed by atoms with E-state index in [0.29, 0.717) is 5.69 Å². The van der Waals surface area contributed by atoms with Gasteiger partial charge in [-0.1, -0.05) is 0 Å². The molecule has 2 heterocycles. The number of carbonyl (C=O) groups excluding carboxylic acids is 1. The third kappa shape index (κ3) is 3.58. The summed E-state index contributed by atoms with van der Waals surface area (Å²) < 4.78 is 36.9. The molecule has 0 saturated heterocycles. The van der Waals surface area contributed by atoms with E-state index >= 15 is 0 Å². The van der Waals surface area contributed by atoms with Gasteiger partial charge in [0.25, 0.3) is 5.82 Å². The van der Waals surface area contributed by atoms with Crippen molar-refractivity contribution in [1.82, 2.24) is 30.7 Å². The molecule has 0 unspecified atom stereocenters. The molecule has 0 atom stereocenters. The van der Waals surface area contributed by atoms with E-state index in [-0.39, 0.29) is 24.7 Å².